The fourth-order valence-electron chi connectivity index (χ4n) is 4.42. The van der Waals surface area contributed by atoms with Crippen molar-refractivity contribution < 1.29 is 4.74 Å². The monoisotopic (exact) mass is 408 g/mol. The number of aromatic amines is 2. The van der Waals surface area contributed by atoms with E-state index in [1.165, 1.54) is 33.0 Å². The van der Waals surface area contributed by atoms with Crippen LogP contribution in [0.3, 0.4) is 0 Å². The first-order chi connectivity index (χ1) is 15.1. The van der Waals surface area contributed by atoms with Crippen LogP contribution in [0.5, 0.6) is 5.88 Å². The number of hydrogen-bond acceptors (Lipinski definition) is 3. The average Bonchev–Trinajstić information content (AvgIpc) is 3.42. The summed E-state index contributed by atoms with van der Waals surface area (Å²) in [6.07, 6.45) is 0.864. The summed E-state index contributed by atoms with van der Waals surface area (Å²) >= 11 is 0. The molecule has 0 aliphatic carbocycles. The highest BCUT2D eigenvalue weighted by Crippen LogP contribution is 2.38. The van der Waals surface area contributed by atoms with Gasteiger partial charge >= 0.3 is 0 Å². The second-order valence-corrected chi connectivity index (χ2v) is 8.55. The molecule has 0 saturated heterocycles. The van der Waals surface area contributed by atoms with E-state index in [4.69, 9.17) is 9.72 Å². The first-order valence-electron chi connectivity index (χ1n) is 10.9. The molecule has 5 nitrogen and oxygen atoms in total. The van der Waals surface area contributed by atoms with Crippen molar-refractivity contribution >= 4 is 21.8 Å². The lowest BCUT2D eigenvalue weighted by Crippen LogP contribution is -2.05. The number of aromatic nitrogens is 4. The highest BCUT2D eigenvalue weighted by molar-refractivity contribution is 6.05. The Kier molecular flexibility index (Phi) is 3.93. The Balaban J connectivity index is 1.43. The molecule has 0 amide bonds. The number of H-pyrrole nitrogens is 2. The van der Waals surface area contributed by atoms with Gasteiger partial charge < -0.3 is 14.7 Å². The number of rotatable bonds is 3. The third kappa shape index (κ3) is 2.84. The molecule has 1 aliphatic heterocycles. The highest BCUT2D eigenvalue weighted by atomic mass is 16.5. The SMILES string of the molecule is CCc1nc2c([nH]1)-c1ccc(-c3ccc4c(ccc5[nH]c(C(C)C)nc54)c3)cc1CO2. The Hall–Kier alpha value is -3.60. The van der Waals surface area contributed by atoms with Gasteiger partial charge in [-0.15, -0.1) is 0 Å². The molecular weight excluding hydrogens is 384 g/mol. The van der Waals surface area contributed by atoms with Gasteiger partial charge in [0.2, 0.25) is 5.88 Å². The van der Waals surface area contributed by atoms with Crippen LogP contribution in [-0.2, 0) is 13.0 Å². The van der Waals surface area contributed by atoms with E-state index in [0.29, 0.717) is 18.4 Å². The molecule has 0 fully saturated rings. The van der Waals surface area contributed by atoms with Gasteiger partial charge in [0.15, 0.2) is 0 Å². The molecule has 0 unspecified atom stereocenters. The van der Waals surface area contributed by atoms with Gasteiger partial charge in [-0.05, 0) is 40.3 Å². The molecule has 2 N–H and O–H groups in total. The Morgan fingerprint density at radius 2 is 1.81 bits per heavy atom. The molecule has 1 aliphatic rings. The minimum atomic E-state index is 0.378. The zero-order valence-electron chi connectivity index (χ0n) is 17.9. The van der Waals surface area contributed by atoms with Crippen LogP contribution in [0.1, 0.15) is 43.9 Å². The molecule has 0 bridgehead atoms. The Labute approximate surface area is 180 Å². The number of hydrogen-bond donors (Lipinski definition) is 2. The Morgan fingerprint density at radius 1 is 0.968 bits per heavy atom. The highest BCUT2D eigenvalue weighted by Gasteiger charge is 2.22. The zero-order chi connectivity index (χ0) is 21.1. The molecule has 0 atom stereocenters. The summed E-state index contributed by atoms with van der Waals surface area (Å²) in [7, 11) is 0. The zero-order valence-corrected chi connectivity index (χ0v) is 17.9. The lowest BCUT2D eigenvalue weighted by atomic mass is 9.95. The topological polar surface area (TPSA) is 66.6 Å². The van der Waals surface area contributed by atoms with Crippen molar-refractivity contribution in [2.24, 2.45) is 0 Å². The van der Waals surface area contributed by atoms with Gasteiger partial charge in [0, 0.05) is 23.3 Å². The van der Waals surface area contributed by atoms with Crippen molar-refractivity contribution in [2.75, 3.05) is 0 Å². The number of nitrogens with one attached hydrogen (secondary N) is 2. The molecule has 5 heteroatoms. The quantitative estimate of drug-likeness (QED) is 0.365. The van der Waals surface area contributed by atoms with Crippen molar-refractivity contribution in [2.45, 2.75) is 39.7 Å². The summed E-state index contributed by atoms with van der Waals surface area (Å²) in [5.74, 6) is 3.09. The van der Waals surface area contributed by atoms with Crippen molar-refractivity contribution in [3.63, 3.8) is 0 Å². The molecule has 0 saturated carbocycles. The molecular formula is C26H24N4O. The van der Waals surface area contributed by atoms with E-state index in [9.17, 15) is 0 Å². The van der Waals surface area contributed by atoms with E-state index in [2.05, 4.69) is 84.3 Å². The van der Waals surface area contributed by atoms with Crippen molar-refractivity contribution in [3.8, 4) is 28.3 Å². The average molecular weight is 409 g/mol. The molecule has 0 spiro atoms. The number of ether oxygens (including phenoxy) is 1. The second-order valence-electron chi connectivity index (χ2n) is 8.55. The van der Waals surface area contributed by atoms with Crippen LogP contribution < -0.4 is 4.74 Å². The second kappa shape index (κ2) is 6.71. The summed E-state index contributed by atoms with van der Waals surface area (Å²) in [5.41, 5.74) is 7.87. The molecule has 154 valence electrons. The van der Waals surface area contributed by atoms with E-state index in [1.807, 2.05) is 0 Å². The Morgan fingerprint density at radius 3 is 2.65 bits per heavy atom. The lowest BCUT2D eigenvalue weighted by molar-refractivity contribution is 0.291. The van der Waals surface area contributed by atoms with Crippen LogP contribution in [-0.4, -0.2) is 19.9 Å². The van der Waals surface area contributed by atoms with Crippen molar-refractivity contribution in [1.82, 2.24) is 19.9 Å². The standard InChI is InChI=1S/C26H24N4O/c1-4-22-28-24-20-9-6-16(12-18(20)13-31-26(24)29-22)15-5-8-19-17(11-15)7-10-21-23(19)30-25(27-21)14(2)3/h5-12,14H,4,13H2,1-3H3,(H,27,30)(H,28,29). The van der Waals surface area contributed by atoms with Gasteiger partial charge in [-0.2, -0.15) is 4.98 Å². The maximum Gasteiger partial charge on any atom is 0.240 e. The van der Waals surface area contributed by atoms with Gasteiger partial charge in [0.05, 0.1) is 11.0 Å². The van der Waals surface area contributed by atoms with E-state index < -0.39 is 0 Å². The first-order valence-corrected chi connectivity index (χ1v) is 10.9. The summed E-state index contributed by atoms with van der Waals surface area (Å²) in [6, 6.07) is 17.5. The Bertz CT molecular complexity index is 1460. The fraction of sp³-hybridized carbons (Fsp3) is 0.231. The minimum absolute atomic E-state index is 0.378. The molecule has 6 rings (SSSR count). The van der Waals surface area contributed by atoms with E-state index in [0.717, 1.165) is 34.8 Å². The minimum Gasteiger partial charge on any atom is -0.471 e. The van der Waals surface area contributed by atoms with Crippen LogP contribution in [0.2, 0.25) is 0 Å². The molecule has 2 aromatic heterocycles. The summed E-state index contributed by atoms with van der Waals surface area (Å²) < 4.78 is 5.91. The fourth-order valence-corrected chi connectivity index (χ4v) is 4.42. The largest absolute Gasteiger partial charge is 0.471 e. The van der Waals surface area contributed by atoms with Crippen LogP contribution >= 0.6 is 0 Å². The van der Waals surface area contributed by atoms with Gasteiger partial charge in [0.25, 0.3) is 0 Å². The van der Waals surface area contributed by atoms with Crippen LogP contribution in [0.15, 0.2) is 48.5 Å². The maximum atomic E-state index is 5.91. The number of benzene rings is 3. The van der Waals surface area contributed by atoms with E-state index in [-0.39, 0.29) is 0 Å². The van der Waals surface area contributed by atoms with Crippen LogP contribution in [0.25, 0.3) is 44.2 Å². The number of aryl methyl sites for hydroxylation is 1. The van der Waals surface area contributed by atoms with Crippen LogP contribution in [0.4, 0.5) is 0 Å². The summed E-state index contributed by atoms with van der Waals surface area (Å²) in [5, 5.41) is 2.38. The molecule has 3 aromatic carbocycles. The molecule has 3 heterocycles. The van der Waals surface area contributed by atoms with Gasteiger partial charge in [0.1, 0.15) is 23.9 Å². The first kappa shape index (κ1) is 18.2. The van der Waals surface area contributed by atoms with E-state index in [1.54, 1.807) is 0 Å². The normalized spacial score (nSPS) is 12.9. The van der Waals surface area contributed by atoms with E-state index >= 15 is 0 Å². The van der Waals surface area contributed by atoms with Gasteiger partial charge in [-0.1, -0.05) is 51.1 Å². The third-order valence-corrected chi connectivity index (χ3v) is 6.16. The molecule has 31 heavy (non-hydrogen) atoms. The van der Waals surface area contributed by atoms with Crippen molar-refractivity contribution in [1.29, 1.82) is 0 Å². The predicted octanol–water partition coefficient (Wildman–Crippen LogP) is 6.35. The smallest absolute Gasteiger partial charge is 0.240 e. The third-order valence-electron chi connectivity index (χ3n) is 6.16. The molecule has 0 radical (unpaired) electrons. The summed E-state index contributed by atoms with van der Waals surface area (Å²) in [6.45, 7) is 6.96. The van der Waals surface area contributed by atoms with Gasteiger partial charge in [-0.25, -0.2) is 4.98 Å². The number of fused-ring (bicyclic) bond motifs is 6. The maximum absolute atomic E-state index is 5.91. The predicted molar refractivity (Wildman–Crippen MR) is 124 cm³/mol. The number of imidazole rings is 2. The van der Waals surface area contributed by atoms with Crippen molar-refractivity contribution in [3.05, 3.63) is 65.7 Å². The molecule has 5 aromatic rings. The van der Waals surface area contributed by atoms with Crippen LogP contribution in [0, 0.1) is 0 Å². The lowest BCUT2D eigenvalue weighted by Gasteiger charge is -2.17. The number of nitrogens with zero attached hydrogens (tertiary/aromatic N) is 2. The van der Waals surface area contributed by atoms with Gasteiger partial charge in [-0.3, -0.25) is 0 Å². The summed E-state index contributed by atoms with van der Waals surface area (Å²) in [4.78, 5) is 16.2.